The molecule has 0 spiro atoms. The third kappa shape index (κ3) is 30.7. The smallest absolute Gasteiger partial charge is 0.303 e. The highest BCUT2D eigenvalue weighted by Crippen LogP contribution is 2.41. The van der Waals surface area contributed by atoms with Gasteiger partial charge in [-0.05, 0) is 31.1 Å². The Bertz CT molecular complexity index is 550. The second kappa shape index (κ2) is 32.3. The molecule has 0 bridgehead atoms. The van der Waals surface area contributed by atoms with Gasteiger partial charge in [-0.1, -0.05) is 194 Å². The lowest BCUT2D eigenvalue weighted by molar-refractivity contribution is -0.138. The number of carbonyl (C=O) groups is 2. The molecule has 0 aliphatic carbocycles. The highest BCUT2D eigenvalue weighted by Gasteiger charge is 2.30. The van der Waals surface area contributed by atoms with Crippen molar-refractivity contribution in [3.63, 3.8) is 0 Å². The van der Waals surface area contributed by atoms with E-state index in [9.17, 15) is 19.8 Å². The fourth-order valence-corrected chi connectivity index (χ4v) is 6.88. The van der Waals surface area contributed by atoms with E-state index in [0.29, 0.717) is 12.8 Å². The van der Waals surface area contributed by atoms with Gasteiger partial charge in [-0.3, -0.25) is 9.59 Å². The van der Waals surface area contributed by atoms with Crippen LogP contribution in [0.2, 0.25) is 0 Å². The topological polar surface area (TPSA) is 74.6 Å². The summed E-state index contributed by atoms with van der Waals surface area (Å²) in [7, 11) is 0. The monoisotopic (exact) mass is 609 g/mol. The molecule has 256 valence electrons. The Balaban J connectivity index is 4.22. The van der Waals surface area contributed by atoms with Gasteiger partial charge in [0.2, 0.25) is 0 Å². The zero-order chi connectivity index (χ0) is 31.7. The predicted octanol–water partition coefficient (Wildman–Crippen LogP) is 13.4. The normalized spacial score (nSPS) is 11.8. The first-order valence-electron chi connectivity index (χ1n) is 19.4. The Morgan fingerprint density at radius 1 is 0.349 bits per heavy atom. The number of unbranched alkanes of at least 4 members (excludes halogenated alkanes) is 26. The molecular weight excluding hydrogens is 532 g/mol. The summed E-state index contributed by atoms with van der Waals surface area (Å²) in [5, 5.41) is 18.9. The quantitative estimate of drug-likeness (QED) is 0.0694. The Hall–Kier alpha value is -1.06. The van der Waals surface area contributed by atoms with E-state index in [1.807, 2.05) is 0 Å². The van der Waals surface area contributed by atoms with Crippen LogP contribution in [0.5, 0.6) is 0 Å². The molecule has 0 aromatic carbocycles. The first-order chi connectivity index (χ1) is 21.0. The second-order valence-electron chi connectivity index (χ2n) is 14.0. The van der Waals surface area contributed by atoms with Crippen LogP contribution in [-0.4, -0.2) is 22.2 Å². The minimum atomic E-state index is -0.749. The fraction of sp³-hybridized carbons (Fsp3) is 0.949. The minimum absolute atomic E-state index is 0.120. The highest BCUT2D eigenvalue weighted by atomic mass is 16.4. The SMILES string of the molecule is CCCCCCCCCCCCCCCCC(CCCCCCCCCCCCCCCC)(CCC(=O)O)CCC(=O)O. The van der Waals surface area contributed by atoms with E-state index < -0.39 is 11.9 Å². The van der Waals surface area contributed by atoms with Crippen molar-refractivity contribution in [2.75, 3.05) is 0 Å². The summed E-state index contributed by atoms with van der Waals surface area (Å²) in [5.41, 5.74) is -0.120. The summed E-state index contributed by atoms with van der Waals surface area (Å²) in [6, 6.07) is 0. The number of carboxylic acid groups (broad SMARTS) is 2. The summed E-state index contributed by atoms with van der Waals surface area (Å²) in [5.74, 6) is -1.50. The minimum Gasteiger partial charge on any atom is -0.481 e. The summed E-state index contributed by atoms with van der Waals surface area (Å²) in [6.07, 6.45) is 40.9. The first kappa shape index (κ1) is 41.9. The molecule has 4 nitrogen and oxygen atoms in total. The first-order valence-corrected chi connectivity index (χ1v) is 19.4. The largest absolute Gasteiger partial charge is 0.481 e. The van der Waals surface area contributed by atoms with E-state index in [1.54, 1.807) is 0 Å². The van der Waals surface area contributed by atoms with Crippen LogP contribution < -0.4 is 0 Å². The maximum absolute atomic E-state index is 11.5. The highest BCUT2D eigenvalue weighted by molar-refractivity contribution is 5.67. The molecule has 0 saturated heterocycles. The van der Waals surface area contributed by atoms with E-state index in [0.717, 1.165) is 25.7 Å². The molecule has 4 heteroatoms. The van der Waals surface area contributed by atoms with Gasteiger partial charge < -0.3 is 10.2 Å². The zero-order valence-corrected chi connectivity index (χ0v) is 29.3. The van der Waals surface area contributed by atoms with Crippen LogP contribution >= 0.6 is 0 Å². The molecular formula is C39H76O4. The zero-order valence-electron chi connectivity index (χ0n) is 29.3. The van der Waals surface area contributed by atoms with Crippen molar-refractivity contribution in [3.05, 3.63) is 0 Å². The van der Waals surface area contributed by atoms with E-state index in [4.69, 9.17) is 0 Å². The van der Waals surface area contributed by atoms with E-state index >= 15 is 0 Å². The number of carboxylic acids is 2. The van der Waals surface area contributed by atoms with Crippen molar-refractivity contribution in [2.45, 2.75) is 232 Å². The Morgan fingerprint density at radius 2 is 0.558 bits per heavy atom. The second-order valence-corrected chi connectivity index (χ2v) is 14.0. The maximum atomic E-state index is 11.5. The third-order valence-corrected chi connectivity index (χ3v) is 9.86. The van der Waals surface area contributed by atoms with Crippen LogP contribution in [0.3, 0.4) is 0 Å². The van der Waals surface area contributed by atoms with Crippen LogP contribution in [0.25, 0.3) is 0 Å². The van der Waals surface area contributed by atoms with Crippen molar-refractivity contribution in [1.29, 1.82) is 0 Å². The van der Waals surface area contributed by atoms with Crippen molar-refractivity contribution in [2.24, 2.45) is 5.41 Å². The van der Waals surface area contributed by atoms with Gasteiger partial charge in [0.05, 0.1) is 0 Å². The lowest BCUT2D eigenvalue weighted by Crippen LogP contribution is -2.24. The number of aliphatic carboxylic acids is 2. The van der Waals surface area contributed by atoms with E-state index in [-0.39, 0.29) is 18.3 Å². The standard InChI is InChI=1S/C39H76O4/c1-3-5-7-9-11-13-15-17-19-21-23-25-27-29-33-39(35-31-37(40)41,36-32-38(42)43)34-30-28-26-24-22-20-18-16-14-12-10-8-6-4-2/h3-36H2,1-2H3,(H,40,41)(H,42,43). The van der Waals surface area contributed by atoms with Gasteiger partial charge in [0, 0.05) is 12.8 Å². The lowest BCUT2D eigenvalue weighted by Gasteiger charge is -2.34. The molecule has 0 aliphatic rings. The average molecular weight is 609 g/mol. The molecule has 0 radical (unpaired) electrons. The molecule has 2 N–H and O–H groups in total. The number of rotatable bonds is 36. The average Bonchev–Trinajstić information content (AvgIpc) is 2.99. The van der Waals surface area contributed by atoms with Crippen LogP contribution in [-0.2, 0) is 9.59 Å². The fourth-order valence-electron chi connectivity index (χ4n) is 6.88. The van der Waals surface area contributed by atoms with Crippen molar-refractivity contribution >= 4 is 11.9 Å². The van der Waals surface area contributed by atoms with E-state index in [1.165, 1.54) is 167 Å². The molecule has 0 aromatic heterocycles. The van der Waals surface area contributed by atoms with Crippen molar-refractivity contribution in [1.82, 2.24) is 0 Å². The molecule has 0 heterocycles. The Labute approximate surface area is 269 Å². The molecule has 0 rings (SSSR count). The predicted molar refractivity (Wildman–Crippen MR) is 186 cm³/mol. The summed E-state index contributed by atoms with van der Waals surface area (Å²) in [4.78, 5) is 22.9. The van der Waals surface area contributed by atoms with Crippen LogP contribution in [0.15, 0.2) is 0 Å². The molecule has 0 aromatic rings. The Kier molecular flexibility index (Phi) is 31.5. The van der Waals surface area contributed by atoms with Crippen LogP contribution in [0.4, 0.5) is 0 Å². The maximum Gasteiger partial charge on any atom is 0.303 e. The summed E-state index contributed by atoms with van der Waals surface area (Å²) < 4.78 is 0. The number of hydrogen-bond donors (Lipinski definition) is 2. The van der Waals surface area contributed by atoms with Gasteiger partial charge in [0.25, 0.3) is 0 Å². The molecule has 43 heavy (non-hydrogen) atoms. The van der Waals surface area contributed by atoms with Gasteiger partial charge in [-0.2, -0.15) is 0 Å². The van der Waals surface area contributed by atoms with Gasteiger partial charge >= 0.3 is 11.9 Å². The van der Waals surface area contributed by atoms with Gasteiger partial charge in [-0.25, -0.2) is 0 Å². The molecule has 0 fully saturated rings. The summed E-state index contributed by atoms with van der Waals surface area (Å²) >= 11 is 0. The molecule has 0 unspecified atom stereocenters. The summed E-state index contributed by atoms with van der Waals surface area (Å²) in [6.45, 7) is 4.55. The van der Waals surface area contributed by atoms with Crippen LogP contribution in [0, 0.1) is 5.41 Å². The van der Waals surface area contributed by atoms with Gasteiger partial charge in [0.1, 0.15) is 0 Å². The van der Waals surface area contributed by atoms with Gasteiger partial charge in [-0.15, -0.1) is 0 Å². The third-order valence-electron chi connectivity index (χ3n) is 9.86. The lowest BCUT2D eigenvalue weighted by atomic mass is 9.71. The van der Waals surface area contributed by atoms with Crippen LogP contribution in [0.1, 0.15) is 232 Å². The number of hydrogen-bond acceptors (Lipinski definition) is 2. The van der Waals surface area contributed by atoms with Crippen molar-refractivity contribution in [3.8, 4) is 0 Å². The van der Waals surface area contributed by atoms with E-state index in [2.05, 4.69) is 13.8 Å². The molecule has 0 saturated carbocycles. The molecule has 0 atom stereocenters. The molecule has 0 amide bonds. The van der Waals surface area contributed by atoms with Crippen molar-refractivity contribution < 1.29 is 19.8 Å². The van der Waals surface area contributed by atoms with Gasteiger partial charge in [0.15, 0.2) is 0 Å². The molecule has 0 aliphatic heterocycles. The Morgan fingerprint density at radius 3 is 0.767 bits per heavy atom.